The van der Waals surface area contributed by atoms with Gasteiger partial charge in [-0.25, -0.2) is 14.8 Å². The fraction of sp³-hybridized carbons (Fsp3) is 0.308. The number of rotatable bonds is 2. The van der Waals surface area contributed by atoms with E-state index in [1.807, 2.05) is 32.9 Å². The quantitative estimate of drug-likeness (QED) is 0.758. The number of fused-ring (bicyclic) bond motifs is 3. The van der Waals surface area contributed by atoms with E-state index >= 15 is 0 Å². The molecule has 0 aliphatic carbocycles. The third kappa shape index (κ3) is 2.46. The smallest absolute Gasteiger partial charge is 0.321 e. The lowest BCUT2D eigenvalue weighted by Gasteiger charge is -2.07. The SMILES string of the molecule is Cc1nc2c(ccc3nc(NC(=O)NC(C)C)sc32)s1. The Morgan fingerprint density at radius 3 is 2.80 bits per heavy atom. The summed E-state index contributed by atoms with van der Waals surface area (Å²) in [5, 5.41) is 7.18. The average molecular weight is 306 g/mol. The summed E-state index contributed by atoms with van der Waals surface area (Å²) in [5.41, 5.74) is 1.84. The van der Waals surface area contributed by atoms with Crippen LogP contribution in [-0.2, 0) is 0 Å². The molecule has 2 amide bonds. The fourth-order valence-electron chi connectivity index (χ4n) is 1.94. The van der Waals surface area contributed by atoms with Gasteiger partial charge in [0.05, 0.1) is 19.9 Å². The number of hydrogen-bond donors (Lipinski definition) is 2. The Balaban J connectivity index is 1.98. The second kappa shape index (κ2) is 4.99. The monoisotopic (exact) mass is 306 g/mol. The minimum Gasteiger partial charge on any atom is -0.336 e. The molecule has 0 unspecified atom stereocenters. The maximum absolute atomic E-state index is 11.7. The third-order valence-electron chi connectivity index (χ3n) is 2.66. The van der Waals surface area contributed by atoms with E-state index in [0.717, 1.165) is 25.4 Å². The first kappa shape index (κ1) is 13.3. The summed E-state index contributed by atoms with van der Waals surface area (Å²) in [4.78, 5) is 20.7. The number of urea groups is 1. The number of carbonyl (C=O) groups excluding carboxylic acids is 1. The minimum absolute atomic E-state index is 0.0947. The Morgan fingerprint density at radius 2 is 2.05 bits per heavy atom. The van der Waals surface area contributed by atoms with E-state index in [4.69, 9.17) is 0 Å². The van der Waals surface area contributed by atoms with Gasteiger partial charge in [-0.3, -0.25) is 5.32 Å². The molecule has 0 saturated carbocycles. The zero-order chi connectivity index (χ0) is 14.3. The fourth-order valence-corrected chi connectivity index (χ4v) is 3.79. The topological polar surface area (TPSA) is 66.9 Å². The summed E-state index contributed by atoms with van der Waals surface area (Å²) in [6.45, 7) is 5.83. The van der Waals surface area contributed by atoms with Crippen LogP contribution in [0, 0.1) is 6.92 Å². The van der Waals surface area contributed by atoms with Crippen molar-refractivity contribution in [1.82, 2.24) is 15.3 Å². The van der Waals surface area contributed by atoms with E-state index in [1.165, 1.54) is 11.3 Å². The second-order valence-electron chi connectivity index (χ2n) is 4.77. The zero-order valence-electron chi connectivity index (χ0n) is 11.4. The van der Waals surface area contributed by atoms with Gasteiger partial charge in [0.2, 0.25) is 0 Å². The largest absolute Gasteiger partial charge is 0.336 e. The Hall–Kier alpha value is -1.73. The maximum Gasteiger partial charge on any atom is 0.321 e. The summed E-state index contributed by atoms with van der Waals surface area (Å²) in [6.07, 6.45) is 0. The van der Waals surface area contributed by atoms with E-state index in [9.17, 15) is 4.79 Å². The van der Waals surface area contributed by atoms with Crippen LogP contribution in [0.2, 0.25) is 0 Å². The number of amides is 2. The van der Waals surface area contributed by atoms with Gasteiger partial charge in [0.25, 0.3) is 0 Å². The summed E-state index contributed by atoms with van der Waals surface area (Å²) in [6, 6.07) is 3.86. The second-order valence-corrected chi connectivity index (χ2v) is 7.00. The van der Waals surface area contributed by atoms with Crippen LogP contribution in [0.3, 0.4) is 0 Å². The van der Waals surface area contributed by atoms with E-state index in [2.05, 4.69) is 20.6 Å². The molecule has 0 aliphatic rings. The molecule has 0 fully saturated rings. The van der Waals surface area contributed by atoms with E-state index in [0.29, 0.717) is 5.13 Å². The van der Waals surface area contributed by atoms with Crippen LogP contribution >= 0.6 is 22.7 Å². The molecule has 0 saturated heterocycles. The van der Waals surface area contributed by atoms with E-state index in [1.54, 1.807) is 11.3 Å². The van der Waals surface area contributed by atoms with Gasteiger partial charge in [0.1, 0.15) is 5.52 Å². The van der Waals surface area contributed by atoms with Gasteiger partial charge in [-0.2, -0.15) is 0 Å². The molecule has 0 atom stereocenters. The van der Waals surface area contributed by atoms with Crippen LogP contribution in [0.4, 0.5) is 9.93 Å². The van der Waals surface area contributed by atoms with E-state index < -0.39 is 0 Å². The molecule has 1 aromatic carbocycles. The molecule has 3 rings (SSSR count). The molecule has 7 heteroatoms. The average Bonchev–Trinajstić information content (AvgIpc) is 2.88. The van der Waals surface area contributed by atoms with Crippen molar-refractivity contribution in [3.8, 4) is 0 Å². The Morgan fingerprint density at radius 1 is 1.25 bits per heavy atom. The van der Waals surface area contributed by atoms with Crippen molar-refractivity contribution in [3.05, 3.63) is 17.1 Å². The molecule has 20 heavy (non-hydrogen) atoms. The lowest BCUT2D eigenvalue weighted by molar-refractivity contribution is 0.250. The maximum atomic E-state index is 11.7. The van der Waals surface area contributed by atoms with Crippen molar-refractivity contribution in [1.29, 1.82) is 0 Å². The molecule has 2 aromatic heterocycles. The molecule has 0 bridgehead atoms. The molecule has 2 heterocycles. The number of nitrogens with zero attached hydrogens (tertiary/aromatic N) is 2. The Labute approximate surface area is 124 Å². The highest BCUT2D eigenvalue weighted by atomic mass is 32.1. The molecule has 0 aliphatic heterocycles. The van der Waals surface area contributed by atoms with Gasteiger partial charge >= 0.3 is 6.03 Å². The summed E-state index contributed by atoms with van der Waals surface area (Å²) >= 11 is 3.12. The standard InChI is InChI=1S/C13H14N4OS2/c1-6(2)14-12(18)17-13-16-8-4-5-9-10(11(8)20-13)15-7(3)19-9/h4-6H,1-3H3,(H2,14,16,17,18). The van der Waals surface area contributed by atoms with Gasteiger partial charge in [0, 0.05) is 6.04 Å². The summed E-state index contributed by atoms with van der Waals surface area (Å²) in [7, 11) is 0. The van der Waals surface area contributed by atoms with E-state index in [-0.39, 0.29) is 12.1 Å². The number of hydrogen-bond acceptors (Lipinski definition) is 5. The lowest BCUT2D eigenvalue weighted by Crippen LogP contribution is -2.34. The third-order valence-corrected chi connectivity index (χ3v) is 4.59. The number of thiazole rings is 2. The van der Waals surface area contributed by atoms with Crippen molar-refractivity contribution < 1.29 is 4.79 Å². The first-order valence-electron chi connectivity index (χ1n) is 6.27. The molecule has 0 radical (unpaired) electrons. The predicted molar refractivity (Wildman–Crippen MR) is 84.8 cm³/mol. The lowest BCUT2D eigenvalue weighted by atomic mass is 10.3. The highest BCUT2D eigenvalue weighted by molar-refractivity contribution is 7.24. The van der Waals surface area contributed by atoms with Gasteiger partial charge in [0.15, 0.2) is 5.13 Å². The molecule has 3 aromatic rings. The van der Waals surface area contributed by atoms with Crippen molar-refractivity contribution in [3.63, 3.8) is 0 Å². The number of carbonyl (C=O) groups is 1. The predicted octanol–water partition coefficient (Wildman–Crippen LogP) is 3.74. The normalized spacial score (nSPS) is 11.4. The molecule has 2 N–H and O–H groups in total. The van der Waals surface area contributed by atoms with Crippen LogP contribution in [0.15, 0.2) is 12.1 Å². The van der Waals surface area contributed by atoms with Crippen molar-refractivity contribution in [2.45, 2.75) is 26.8 Å². The van der Waals surface area contributed by atoms with Gasteiger partial charge in [-0.1, -0.05) is 11.3 Å². The van der Waals surface area contributed by atoms with Crippen LogP contribution in [0.25, 0.3) is 20.4 Å². The van der Waals surface area contributed by atoms with Crippen molar-refractivity contribution >= 4 is 54.3 Å². The Kier molecular flexibility index (Phi) is 3.31. The first-order chi connectivity index (χ1) is 9.52. The zero-order valence-corrected chi connectivity index (χ0v) is 13.0. The van der Waals surface area contributed by atoms with Crippen molar-refractivity contribution in [2.24, 2.45) is 0 Å². The van der Waals surface area contributed by atoms with Gasteiger partial charge < -0.3 is 5.32 Å². The highest BCUT2D eigenvalue weighted by Gasteiger charge is 2.12. The highest BCUT2D eigenvalue weighted by Crippen LogP contribution is 2.34. The number of anilines is 1. The molecular formula is C13H14N4OS2. The molecule has 104 valence electrons. The first-order valence-corrected chi connectivity index (χ1v) is 7.90. The molecule has 0 spiro atoms. The number of nitrogens with one attached hydrogen (secondary N) is 2. The Bertz CT molecular complexity index is 790. The van der Waals surface area contributed by atoms with Gasteiger partial charge in [-0.15, -0.1) is 11.3 Å². The number of aryl methyl sites for hydroxylation is 1. The number of benzene rings is 1. The van der Waals surface area contributed by atoms with Crippen LogP contribution in [0.5, 0.6) is 0 Å². The van der Waals surface area contributed by atoms with Gasteiger partial charge in [-0.05, 0) is 32.9 Å². The van der Waals surface area contributed by atoms with Crippen LogP contribution in [0.1, 0.15) is 18.9 Å². The van der Waals surface area contributed by atoms with Crippen LogP contribution in [-0.4, -0.2) is 22.0 Å². The molecule has 5 nitrogen and oxygen atoms in total. The van der Waals surface area contributed by atoms with Crippen LogP contribution < -0.4 is 10.6 Å². The number of aromatic nitrogens is 2. The van der Waals surface area contributed by atoms with Crippen molar-refractivity contribution in [2.75, 3.05) is 5.32 Å². The minimum atomic E-state index is -0.232. The summed E-state index contributed by atoms with van der Waals surface area (Å²) < 4.78 is 2.17. The summed E-state index contributed by atoms with van der Waals surface area (Å²) in [5.74, 6) is 0. The molecular weight excluding hydrogens is 292 g/mol.